The highest BCUT2D eigenvalue weighted by atomic mass is 32.2. The number of nitrogens with zero attached hydrogens (tertiary/aromatic N) is 2. The third-order valence-corrected chi connectivity index (χ3v) is 5.49. The number of carbonyl (C=O) groups excluding carboxylic acids is 3. The van der Waals surface area contributed by atoms with E-state index in [1.54, 1.807) is 25.1 Å². The first-order valence-corrected chi connectivity index (χ1v) is 10.6. The summed E-state index contributed by atoms with van der Waals surface area (Å²) in [5.74, 6) is 0.171. The standard InChI is InChI=1S/C18H18N4O6S2/c1-2-26-16(25)8-19-15(24)9-29-18-22-21-17(30-18)20-14(23)6-4-11-3-5-12-13(7-11)28-10-27-12/h3-7H,2,8-10H2,1H3,(H,19,24)(H,20,21,23). The van der Waals surface area contributed by atoms with Crippen molar-refractivity contribution < 1.29 is 28.6 Å². The lowest BCUT2D eigenvalue weighted by atomic mass is 10.2. The predicted molar refractivity (Wildman–Crippen MR) is 111 cm³/mol. The average Bonchev–Trinajstić information content (AvgIpc) is 3.38. The number of hydrogen-bond donors (Lipinski definition) is 2. The van der Waals surface area contributed by atoms with Gasteiger partial charge in [0.15, 0.2) is 15.8 Å². The van der Waals surface area contributed by atoms with Crippen LogP contribution in [0.1, 0.15) is 12.5 Å². The third kappa shape index (κ3) is 6.46. The Morgan fingerprint density at radius 3 is 2.93 bits per heavy atom. The molecular weight excluding hydrogens is 432 g/mol. The number of benzene rings is 1. The number of thioether (sulfide) groups is 1. The van der Waals surface area contributed by atoms with Gasteiger partial charge in [0.2, 0.25) is 23.7 Å². The number of esters is 1. The summed E-state index contributed by atoms with van der Waals surface area (Å²) in [4.78, 5) is 35.0. The minimum absolute atomic E-state index is 0.0615. The van der Waals surface area contributed by atoms with Crippen molar-refractivity contribution in [1.82, 2.24) is 15.5 Å². The van der Waals surface area contributed by atoms with Crippen molar-refractivity contribution in [3.63, 3.8) is 0 Å². The van der Waals surface area contributed by atoms with Crippen molar-refractivity contribution in [2.45, 2.75) is 11.3 Å². The van der Waals surface area contributed by atoms with Crippen LogP contribution in [0.2, 0.25) is 0 Å². The zero-order valence-corrected chi connectivity index (χ0v) is 17.5. The van der Waals surface area contributed by atoms with E-state index in [-0.39, 0.29) is 37.5 Å². The number of carbonyl (C=O) groups is 3. The highest BCUT2D eigenvalue weighted by Gasteiger charge is 2.13. The average molecular weight is 450 g/mol. The Morgan fingerprint density at radius 1 is 1.27 bits per heavy atom. The minimum atomic E-state index is -0.495. The van der Waals surface area contributed by atoms with E-state index in [2.05, 4.69) is 20.8 Å². The van der Waals surface area contributed by atoms with Gasteiger partial charge in [0, 0.05) is 6.08 Å². The van der Waals surface area contributed by atoms with Gasteiger partial charge in [0.05, 0.1) is 12.4 Å². The summed E-state index contributed by atoms with van der Waals surface area (Å²) in [6.07, 6.45) is 3.01. The number of fused-ring (bicyclic) bond motifs is 1. The number of hydrogen-bond acceptors (Lipinski definition) is 10. The number of ether oxygens (including phenoxy) is 3. The fraction of sp³-hybridized carbons (Fsp3) is 0.278. The molecule has 0 spiro atoms. The minimum Gasteiger partial charge on any atom is -0.465 e. The van der Waals surface area contributed by atoms with Gasteiger partial charge in [-0.25, -0.2) is 0 Å². The van der Waals surface area contributed by atoms with Crippen molar-refractivity contribution in [2.75, 3.05) is 31.0 Å². The SMILES string of the molecule is CCOC(=O)CNC(=O)CSc1nnc(NC(=O)C=Cc2ccc3c(c2)OCO3)s1. The molecule has 0 saturated heterocycles. The summed E-state index contributed by atoms with van der Waals surface area (Å²) in [5.41, 5.74) is 0.789. The van der Waals surface area contributed by atoms with Crippen LogP contribution in [0.5, 0.6) is 11.5 Å². The third-order valence-electron chi connectivity index (χ3n) is 3.52. The number of rotatable bonds is 9. The smallest absolute Gasteiger partial charge is 0.325 e. The lowest BCUT2D eigenvalue weighted by molar-refractivity contribution is -0.143. The summed E-state index contributed by atoms with van der Waals surface area (Å²) in [7, 11) is 0. The first-order chi connectivity index (χ1) is 14.5. The largest absolute Gasteiger partial charge is 0.465 e. The van der Waals surface area contributed by atoms with Gasteiger partial charge in [-0.3, -0.25) is 19.7 Å². The molecule has 1 aromatic carbocycles. The quantitative estimate of drug-likeness (QED) is 0.254. The van der Waals surface area contributed by atoms with E-state index in [4.69, 9.17) is 14.2 Å². The van der Waals surface area contributed by atoms with E-state index in [0.717, 1.165) is 28.7 Å². The van der Waals surface area contributed by atoms with Gasteiger partial charge in [0.25, 0.3) is 0 Å². The molecule has 30 heavy (non-hydrogen) atoms. The van der Waals surface area contributed by atoms with Gasteiger partial charge in [-0.1, -0.05) is 29.2 Å². The first-order valence-electron chi connectivity index (χ1n) is 8.81. The maximum atomic E-state index is 12.1. The Morgan fingerprint density at radius 2 is 2.10 bits per heavy atom. The predicted octanol–water partition coefficient (Wildman–Crippen LogP) is 1.69. The Hall–Kier alpha value is -3.12. The van der Waals surface area contributed by atoms with E-state index in [9.17, 15) is 14.4 Å². The van der Waals surface area contributed by atoms with Crippen LogP contribution in [-0.4, -0.2) is 53.7 Å². The van der Waals surface area contributed by atoms with Crippen molar-refractivity contribution in [3.8, 4) is 11.5 Å². The number of amides is 2. The topological polar surface area (TPSA) is 129 Å². The van der Waals surface area contributed by atoms with Crippen LogP contribution >= 0.6 is 23.1 Å². The molecule has 0 unspecified atom stereocenters. The van der Waals surface area contributed by atoms with E-state index in [1.165, 1.54) is 6.08 Å². The number of aromatic nitrogens is 2. The van der Waals surface area contributed by atoms with E-state index in [0.29, 0.717) is 21.0 Å². The van der Waals surface area contributed by atoms with Crippen LogP contribution < -0.4 is 20.1 Å². The summed E-state index contributed by atoms with van der Waals surface area (Å²) in [5, 5.41) is 13.2. The molecule has 0 fully saturated rings. The van der Waals surface area contributed by atoms with Crippen LogP contribution in [0.25, 0.3) is 6.08 Å². The molecular formula is C18H18N4O6S2. The molecule has 0 saturated carbocycles. The molecule has 1 aromatic heterocycles. The Kier molecular flexibility index (Phi) is 7.63. The van der Waals surface area contributed by atoms with E-state index in [1.807, 2.05) is 6.07 Å². The van der Waals surface area contributed by atoms with Crippen LogP contribution in [0.15, 0.2) is 28.6 Å². The molecule has 0 atom stereocenters. The molecule has 10 nitrogen and oxygen atoms in total. The Balaban J connectivity index is 1.43. The van der Waals surface area contributed by atoms with Crippen molar-refractivity contribution >= 4 is 52.1 Å². The highest BCUT2D eigenvalue weighted by Crippen LogP contribution is 2.32. The molecule has 3 rings (SSSR count). The van der Waals surface area contributed by atoms with Crippen LogP contribution in [0, 0.1) is 0 Å². The maximum Gasteiger partial charge on any atom is 0.325 e. The number of nitrogens with one attached hydrogen (secondary N) is 2. The van der Waals surface area contributed by atoms with Crippen molar-refractivity contribution in [1.29, 1.82) is 0 Å². The van der Waals surface area contributed by atoms with Crippen molar-refractivity contribution in [3.05, 3.63) is 29.8 Å². The molecule has 2 aromatic rings. The maximum absolute atomic E-state index is 12.1. The fourth-order valence-corrected chi connectivity index (χ4v) is 3.80. The highest BCUT2D eigenvalue weighted by molar-refractivity contribution is 8.01. The first kappa shape index (κ1) is 21.6. The molecule has 1 aliphatic rings. The summed E-state index contributed by atoms with van der Waals surface area (Å²) in [6.45, 7) is 1.96. The molecule has 2 N–H and O–H groups in total. The molecule has 0 aliphatic carbocycles. The van der Waals surface area contributed by atoms with Gasteiger partial charge >= 0.3 is 5.97 Å². The fourth-order valence-electron chi connectivity index (χ4n) is 2.22. The van der Waals surface area contributed by atoms with Crippen LogP contribution in [0.4, 0.5) is 5.13 Å². The van der Waals surface area contributed by atoms with Crippen LogP contribution in [-0.2, 0) is 19.1 Å². The molecule has 2 heterocycles. The van der Waals surface area contributed by atoms with Gasteiger partial charge in [-0.15, -0.1) is 10.2 Å². The van der Waals surface area contributed by atoms with Crippen LogP contribution in [0.3, 0.4) is 0 Å². The molecule has 2 amide bonds. The zero-order chi connectivity index (χ0) is 21.3. The second kappa shape index (κ2) is 10.6. The van der Waals surface area contributed by atoms with Gasteiger partial charge in [-0.2, -0.15) is 0 Å². The number of anilines is 1. The second-order valence-corrected chi connectivity index (χ2v) is 7.88. The summed E-state index contributed by atoms with van der Waals surface area (Å²) in [6, 6.07) is 5.36. The van der Waals surface area contributed by atoms with Crippen molar-refractivity contribution in [2.24, 2.45) is 0 Å². The lowest BCUT2D eigenvalue weighted by Crippen LogP contribution is -2.31. The molecule has 0 radical (unpaired) electrons. The normalized spacial score (nSPS) is 12.0. The van der Waals surface area contributed by atoms with Gasteiger partial charge in [0.1, 0.15) is 6.54 Å². The molecule has 12 heteroatoms. The second-order valence-electron chi connectivity index (χ2n) is 5.68. The lowest BCUT2D eigenvalue weighted by Gasteiger charge is -2.03. The summed E-state index contributed by atoms with van der Waals surface area (Å²) >= 11 is 2.29. The summed E-state index contributed by atoms with van der Waals surface area (Å²) < 4.78 is 15.8. The monoisotopic (exact) mass is 450 g/mol. The molecule has 0 bridgehead atoms. The van der Waals surface area contributed by atoms with Gasteiger partial charge in [-0.05, 0) is 30.7 Å². The molecule has 1 aliphatic heterocycles. The Labute approximate surface area is 180 Å². The molecule has 158 valence electrons. The zero-order valence-electron chi connectivity index (χ0n) is 15.9. The van der Waals surface area contributed by atoms with Gasteiger partial charge < -0.3 is 19.5 Å². The Bertz CT molecular complexity index is 962. The van der Waals surface area contributed by atoms with E-state index >= 15 is 0 Å². The van der Waals surface area contributed by atoms with E-state index < -0.39 is 5.97 Å².